The molecular weight excluding hydrogens is 462 g/mol. The van der Waals surface area contributed by atoms with Crippen molar-refractivity contribution in [3.05, 3.63) is 93.8 Å². The van der Waals surface area contributed by atoms with Gasteiger partial charge in [-0.2, -0.15) is 13.2 Å². The molecule has 3 aromatic rings. The third-order valence-corrected chi connectivity index (χ3v) is 6.78. The minimum Gasteiger partial charge on any atom is -0.242 e. The van der Waals surface area contributed by atoms with E-state index in [1.54, 1.807) is 0 Å². The van der Waals surface area contributed by atoms with Gasteiger partial charge in [0.15, 0.2) is 6.17 Å². The fraction of sp³-hybridized carbons (Fsp3) is 0.379. The molecule has 0 nitrogen and oxygen atoms in total. The van der Waals surface area contributed by atoms with Crippen molar-refractivity contribution in [2.45, 2.75) is 65.0 Å². The predicted molar refractivity (Wildman–Crippen MR) is 126 cm³/mol. The first-order valence-corrected chi connectivity index (χ1v) is 11.7. The lowest BCUT2D eigenvalue weighted by molar-refractivity contribution is -0.137. The van der Waals surface area contributed by atoms with E-state index in [1.165, 1.54) is 24.3 Å². The smallest absolute Gasteiger partial charge is 0.242 e. The highest BCUT2D eigenvalue weighted by atomic mass is 19.4. The average Bonchev–Trinajstić information content (AvgIpc) is 2.76. The van der Waals surface area contributed by atoms with Crippen molar-refractivity contribution in [1.82, 2.24) is 0 Å². The van der Waals surface area contributed by atoms with E-state index in [0.29, 0.717) is 28.7 Å². The van der Waals surface area contributed by atoms with Crippen molar-refractivity contribution in [2.24, 2.45) is 5.41 Å². The van der Waals surface area contributed by atoms with Crippen LogP contribution in [0.5, 0.6) is 0 Å². The third-order valence-electron chi connectivity index (χ3n) is 6.78. The van der Waals surface area contributed by atoms with Gasteiger partial charge in [0.1, 0.15) is 12.0 Å². The summed E-state index contributed by atoms with van der Waals surface area (Å²) >= 11 is 0. The van der Waals surface area contributed by atoms with Crippen LogP contribution in [0, 0.1) is 11.2 Å². The van der Waals surface area contributed by atoms with E-state index in [9.17, 15) is 17.6 Å². The summed E-state index contributed by atoms with van der Waals surface area (Å²) < 4.78 is 85.0. The van der Waals surface area contributed by atoms with Gasteiger partial charge < -0.3 is 0 Å². The molecule has 186 valence electrons. The van der Waals surface area contributed by atoms with Gasteiger partial charge in [0.25, 0.3) is 0 Å². The Labute approximate surface area is 202 Å². The summed E-state index contributed by atoms with van der Waals surface area (Å²) in [6.45, 7) is 7.78. The van der Waals surface area contributed by atoms with E-state index >= 15 is 8.78 Å². The first kappa shape index (κ1) is 25.3. The minimum absolute atomic E-state index is 0.0507. The van der Waals surface area contributed by atoms with Crippen LogP contribution in [0.2, 0.25) is 0 Å². The number of rotatable bonds is 4. The summed E-state index contributed by atoms with van der Waals surface area (Å²) in [5.41, 5.74) is 1.84. The van der Waals surface area contributed by atoms with E-state index in [-0.39, 0.29) is 28.9 Å². The molecule has 0 amide bonds. The number of hydrogen-bond donors (Lipinski definition) is 0. The summed E-state index contributed by atoms with van der Waals surface area (Å²) in [6, 6.07) is 11.3. The fourth-order valence-electron chi connectivity index (χ4n) is 5.16. The second kappa shape index (κ2) is 9.03. The molecule has 0 bridgehead atoms. The summed E-state index contributed by atoms with van der Waals surface area (Å²) in [6.07, 6.45) is -6.82. The monoisotopic (exact) mass is 490 g/mol. The predicted octanol–water partition coefficient (Wildman–Crippen LogP) is 9.68. The molecule has 1 aliphatic carbocycles. The highest BCUT2D eigenvalue weighted by Gasteiger charge is 2.38. The third kappa shape index (κ3) is 4.98. The Balaban J connectivity index is 2.00. The Hall–Kier alpha value is -2.76. The van der Waals surface area contributed by atoms with Crippen LogP contribution in [0.3, 0.4) is 0 Å². The zero-order valence-electron chi connectivity index (χ0n) is 20.1. The van der Waals surface area contributed by atoms with E-state index < -0.39 is 29.9 Å². The molecule has 3 aromatic carbocycles. The van der Waals surface area contributed by atoms with Gasteiger partial charge in [-0.05, 0) is 81.8 Å². The fourth-order valence-corrected chi connectivity index (χ4v) is 5.16. The maximum absolute atomic E-state index is 16.3. The van der Waals surface area contributed by atoms with Gasteiger partial charge in [-0.3, -0.25) is 0 Å². The van der Waals surface area contributed by atoms with Crippen molar-refractivity contribution in [3.8, 4) is 11.1 Å². The normalized spacial score (nSPS) is 18.4. The summed E-state index contributed by atoms with van der Waals surface area (Å²) in [7, 11) is 0. The van der Waals surface area contributed by atoms with Crippen molar-refractivity contribution in [3.63, 3.8) is 0 Å². The first-order chi connectivity index (χ1) is 16.3. The van der Waals surface area contributed by atoms with Crippen LogP contribution >= 0.6 is 0 Å². The Morgan fingerprint density at radius 2 is 1.54 bits per heavy atom. The lowest BCUT2D eigenvalue weighted by atomic mass is 9.69. The second-order valence-corrected chi connectivity index (χ2v) is 10.5. The lowest BCUT2D eigenvalue weighted by Gasteiger charge is -2.37. The van der Waals surface area contributed by atoms with E-state index in [2.05, 4.69) is 0 Å². The zero-order valence-corrected chi connectivity index (χ0v) is 20.1. The molecule has 0 radical (unpaired) electrons. The van der Waals surface area contributed by atoms with E-state index in [0.717, 1.165) is 29.8 Å². The summed E-state index contributed by atoms with van der Waals surface area (Å²) in [5, 5.41) is 0. The molecule has 2 atom stereocenters. The van der Waals surface area contributed by atoms with Crippen LogP contribution in [0.1, 0.15) is 85.8 Å². The average molecular weight is 491 g/mol. The second-order valence-electron chi connectivity index (χ2n) is 10.5. The molecule has 2 unspecified atom stereocenters. The Bertz CT molecular complexity index is 1200. The number of halogens is 6. The van der Waals surface area contributed by atoms with Crippen LogP contribution in [0.25, 0.3) is 11.1 Å². The van der Waals surface area contributed by atoms with Crippen LogP contribution in [-0.4, -0.2) is 0 Å². The number of alkyl halides is 5. The van der Waals surface area contributed by atoms with E-state index in [4.69, 9.17) is 0 Å². The maximum atomic E-state index is 16.3. The zero-order chi connectivity index (χ0) is 25.7. The molecule has 0 heterocycles. The molecule has 35 heavy (non-hydrogen) atoms. The van der Waals surface area contributed by atoms with Crippen molar-refractivity contribution in [1.29, 1.82) is 0 Å². The van der Waals surface area contributed by atoms with Gasteiger partial charge in [-0.1, -0.05) is 58.0 Å². The minimum atomic E-state index is -4.53. The molecule has 6 heteroatoms. The highest BCUT2D eigenvalue weighted by Crippen LogP contribution is 2.51. The largest absolute Gasteiger partial charge is 0.416 e. The standard InChI is InChI=1S/C29H28F6/c1-16(2)22-13-19-14-28(3,4)15-23(31)24(19)25(17-7-11-21(30)12-8-17)26(22)27(32)18-5-9-20(10-6-18)29(33,34)35/h5-13,16,23,27H,14-15H2,1-4H3. The SMILES string of the molecule is CC(C)c1cc2c(c(-c3ccc(F)cc3)c1C(F)c1ccc(C(F)(F)F)cc1)C(F)CC(C)(C)C2. The molecule has 0 saturated heterocycles. The lowest BCUT2D eigenvalue weighted by Crippen LogP contribution is -2.26. The van der Waals surface area contributed by atoms with Gasteiger partial charge in [0, 0.05) is 5.56 Å². The number of benzene rings is 3. The molecule has 0 N–H and O–H groups in total. The topological polar surface area (TPSA) is 0 Å². The molecular formula is C29H28F6. The Morgan fingerprint density at radius 1 is 0.943 bits per heavy atom. The Kier molecular flexibility index (Phi) is 6.54. The molecule has 4 rings (SSSR count). The van der Waals surface area contributed by atoms with Crippen molar-refractivity contribution in [2.75, 3.05) is 0 Å². The van der Waals surface area contributed by atoms with Crippen molar-refractivity contribution >= 4 is 0 Å². The van der Waals surface area contributed by atoms with Gasteiger partial charge >= 0.3 is 6.18 Å². The maximum Gasteiger partial charge on any atom is 0.416 e. The van der Waals surface area contributed by atoms with E-state index in [1.807, 2.05) is 33.8 Å². The highest BCUT2D eigenvalue weighted by molar-refractivity contribution is 5.76. The van der Waals surface area contributed by atoms with Crippen LogP contribution < -0.4 is 0 Å². The molecule has 1 aliphatic rings. The van der Waals surface area contributed by atoms with Crippen LogP contribution in [0.15, 0.2) is 54.6 Å². The molecule has 0 aliphatic heterocycles. The van der Waals surface area contributed by atoms with Gasteiger partial charge in [-0.25, -0.2) is 13.2 Å². The van der Waals surface area contributed by atoms with Crippen LogP contribution in [-0.2, 0) is 12.6 Å². The molecule has 0 aromatic heterocycles. The number of fused-ring (bicyclic) bond motifs is 1. The van der Waals surface area contributed by atoms with Crippen LogP contribution in [0.4, 0.5) is 26.3 Å². The van der Waals surface area contributed by atoms with Gasteiger partial charge in [0.05, 0.1) is 5.56 Å². The first-order valence-electron chi connectivity index (χ1n) is 11.7. The van der Waals surface area contributed by atoms with Gasteiger partial charge in [-0.15, -0.1) is 0 Å². The molecule has 0 spiro atoms. The summed E-state index contributed by atoms with van der Waals surface area (Å²) in [4.78, 5) is 0. The van der Waals surface area contributed by atoms with Gasteiger partial charge in [0.2, 0.25) is 0 Å². The summed E-state index contributed by atoms with van der Waals surface area (Å²) in [5.74, 6) is -0.605. The Morgan fingerprint density at radius 3 is 2.09 bits per heavy atom. The quantitative estimate of drug-likeness (QED) is 0.319. The van der Waals surface area contributed by atoms with Crippen molar-refractivity contribution < 1.29 is 26.3 Å². The molecule has 0 fully saturated rings. The number of hydrogen-bond acceptors (Lipinski definition) is 0. The molecule has 0 saturated carbocycles.